The molecule has 2 N–H and O–H groups in total. The Labute approximate surface area is 106 Å². The molecule has 1 rings (SSSR count). The minimum Gasteiger partial charge on any atom is -0.397 e. The molecular weight excluding hydrogens is 208 g/mol. The van der Waals surface area contributed by atoms with Crippen LogP contribution in [-0.4, -0.2) is 13.1 Å². The summed E-state index contributed by atoms with van der Waals surface area (Å²) in [7, 11) is 0. The average Bonchev–Trinajstić information content (AvgIpc) is 2.30. The maximum atomic E-state index is 6.12. The van der Waals surface area contributed by atoms with E-state index < -0.39 is 0 Å². The van der Waals surface area contributed by atoms with E-state index in [1.54, 1.807) is 0 Å². The summed E-state index contributed by atoms with van der Waals surface area (Å²) in [5, 5.41) is 0. The minimum absolute atomic E-state index is 0.914. The Morgan fingerprint density at radius 1 is 1.06 bits per heavy atom. The summed E-state index contributed by atoms with van der Waals surface area (Å²) < 4.78 is 0. The van der Waals surface area contributed by atoms with Crippen molar-refractivity contribution in [3.63, 3.8) is 0 Å². The molecule has 0 saturated carbocycles. The molecule has 2 nitrogen and oxygen atoms in total. The van der Waals surface area contributed by atoms with Crippen LogP contribution < -0.4 is 10.6 Å². The van der Waals surface area contributed by atoms with E-state index in [-0.39, 0.29) is 0 Å². The van der Waals surface area contributed by atoms with Crippen molar-refractivity contribution in [2.24, 2.45) is 0 Å². The van der Waals surface area contributed by atoms with E-state index >= 15 is 0 Å². The van der Waals surface area contributed by atoms with Crippen molar-refractivity contribution in [3.8, 4) is 0 Å². The van der Waals surface area contributed by atoms with Crippen molar-refractivity contribution >= 4 is 11.4 Å². The Bertz CT molecular complexity index is 326. The van der Waals surface area contributed by atoms with E-state index in [0.717, 1.165) is 18.8 Å². The third-order valence-corrected chi connectivity index (χ3v) is 3.09. The molecule has 17 heavy (non-hydrogen) atoms. The van der Waals surface area contributed by atoms with Crippen molar-refractivity contribution in [3.05, 3.63) is 23.8 Å². The number of rotatable bonds is 7. The number of hydrogen-bond acceptors (Lipinski definition) is 2. The third-order valence-electron chi connectivity index (χ3n) is 3.09. The highest BCUT2D eigenvalue weighted by Crippen LogP contribution is 2.25. The molecule has 96 valence electrons. The summed E-state index contributed by atoms with van der Waals surface area (Å²) in [6.45, 7) is 8.78. The zero-order valence-electron chi connectivity index (χ0n) is 11.5. The van der Waals surface area contributed by atoms with Gasteiger partial charge in [-0.15, -0.1) is 0 Å². The summed E-state index contributed by atoms with van der Waals surface area (Å²) >= 11 is 0. The molecule has 0 aliphatic carbocycles. The van der Waals surface area contributed by atoms with Crippen molar-refractivity contribution in [2.75, 3.05) is 23.7 Å². The number of benzene rings is 1. The fourth-order valence-electron chi connectivity index (χ4n) is 2.01. The Hall–Kier alpha value is -1.18. The van der Waals surface area contributed by atoms with Crippen LogP contribution in [0.4, 0.5) is 11.4 Å². The molecule has 0 saturated heterocycles. The zero-order chi connectivity index (χ0) is 12.7. The quantitative estimate of drug-likeness (QED) is 0.723. The van der Waals surface area contributed by atoms with Crippen molar-refractivity contribution in [1.29, 1.82) is 0 Å². The Morgan fingerprint density at radius 3 is 2.12 bits per heavy atom. The Kier molecular flexibility index (Phi) is 5.88. The summed E-state index contributed by atoms with van der Waals surface area (Å²) in [6.07, 6.45) is 4.93. The first-order valence-corrected chi connectivity index (χ1v) is 6.80. The maximum absolute atomic E-state index is 6.12. The van der Waals surface area contributed by atoms with Crippen LogP contribution in [0.2, 0.25) is 0 Å². The minimum atomic E-state index is 0.914. The van der Waals surface area contributed by atoms with Gasteiger partial charge in [0.1, 0.15) is 0 Å². The van der Waals surface area contributed by atoms with Gasteiger partial charge in [0.15, 0.2) is 0 Å². The molecule has 0 fully saturated rings. The summed E-state index contributed by atoms with van der Waals surface area (Å²) in [4.78, 5) is 2.43. The van der Waals surface area contributed by atoms with E-state index in [2.05, 4.69) is 43.9 Å². The fraction of sp³-hybridized carbons (Fsp3) is 0.600. The number of unbranched alkanes of at least 4 members (excludes halogenated alkanes) is 2. The molecule has 0 atom stereocenters. The van der Waals surface area contributed by atoms with Gasteiger partial charge in [0.2, 0.25) is 0 Å². The standard InChI is InChI=1S/C15H26N2/c1-4-6-10-17(11-7-5-2)15-9-8-13(3)12-14(15)16/h8-9,12H,4-7,10-11,16H2,1-3H3. The molecule has 0 amide bonds. The molecule has 0 spiro atoms. The number of hydrogen-bond donors (Lipinski definition) is 1. The first kappa shape index (κ1) is 13.9. The molecule has 0 heterocycles. The molecular formula is C15H26N2. The predicted molar refractivity (Wildman–Crippen MR) is 77.6 cm³/mol. The predicted octanol–water partition coefficient (Wildman–Crippen LogP) is 3.98. The van der Waals surface area contributed by atoms with Crippen LogP contribution >= 0.6 is 0 Å². The average molecular weight is 234 g/mol. The molecule has 0 unspecified atom stereocenters. The highest BCUT2D eigenvalue weighted by atomic mass is 15.1. The van der Waals surface area contributed by atoms with Crippen LogP contribution in [0.25, 0.3) is 0 Å². The van der Waals surface area contributed by atoms with Crippen LogP contribution in [0, 0.1) is 6.92 Å². The van der Waals surface area contributed by atoms with Crippen LogP contribution in [0.1, 0.15) is 45.1 Å². The van der Waals surface area contributed by atoms with E-state index in [1.807, 2.05) is 0 Å². The smallest absolute Gasteiger partial charge is 0.0600 e. The molecule has 0 radical (unpaired) electrons. The molecule has 0 aliphatic rings. The van der Waals surface area contributed by atoms with Crippen LogP contribution in [0.5, 0.6) is 0 Å². The lowest BCUT2D eigenvalue weighted by molar-refractivity contribution is 0.678. The number of nitrogens with two attached hydrogens (primary N) is 1. The summed E-state index contributed by atoms with van der Waals surface area (Å²) in [5.41, 5.74) is 9.48. The second kappa shape index (κ2) is 7.21. The Morgan fingerprint density at radius 2 is 1.65 bits per heavy atom. The number of aryl methyl sites for hydroxylation is 1. The highest BCUT2D eigenvalue weighted by Gasteiger charge is 2.08. The van der Waals surface area contributed by atoms with Gasteiger partial charge in [-0.25, -0.2) is 0 Å². The lowest BCUT2D eigenvalue weighted by Gasteiger charge is -2.26. The largest absolute Gasteiger partial charge is 0.397 e. The van der Waals surface area contributed by atoms with E-state index in [9.17, 15) is 0 Å². The van der Waals surface area contributed by atoms with Gasteiger partial charge >= 0.3 is 0 Å². The molecule has 2 heteroatoms. The first-order chi connectivity index (χ1) is 8.19. The van der Waals surface area contributed by atoms with Gasteiger partial charge in [0.05, 0.1) is 11.4 Å². The lowest BCUT2D eigenvalue weighted by Crippen LogP contribution is -2.26. The van der Waals surface area contributed by atoms with Gasteiger partial charge in [-0.2, -0.15) is 0 Å². The maximum Gasteiger partial charge on any atom is 0.0600 e. The second-order valence-corrected chi connectivity index (χ2v) is 4.76. The number of anilines is 2. The van der Waals surface area contributed by atoms with Crippen molar-refractivity contribution < 1.29 is 0 Å². The van der Waals surface area contributed by atoms with Gasteiger partial charge in [-0.05, 0) is 37.5 Å². The molecule has 0 bridgehead atoms. The van der Waals surface area contributed by atoms with Crippen molar-refractivity contribution in [1.82, 2.24) is 0 Å². The van der Waals surface area contributed by atoms with E-state index in [1.165, 1.54) is 36.9 Å². The van der Waals surface area contributed by atoms with Gasteiger partial charge < -0.3 is 10.6 Å². The summed E-state index contributed by atoms with van der Waals surface area (Å²) in [5.74, 6) is 0. The van der Waals surface area contributed by atoms with Gasteiger partial charge in [-0.1, -0.05) is 32.8 Å². The second-order valence-electron chi connectivity index (χ2n) is 4.76. The van der Waals surface area contributed by atoms with Gasteiger partial charge in [-0.3, -0.25) is 0 Å². The van der Waals surface area contributed by atoms with Crippen LogP contribution in [-0.2, 0) is 0 Å². The molecule has 1 aromatic rings. The van der Waals surface area contributed by atoms with Gasteiger partial charge in [0.25, 0.3) is 0 Å². The molecule has 1 aromatic carbocycles. The normalized spacial score (nSPS) is 10.5. The number of nitrogen functional groups attached to an aromatic ring is 1. The molecule has 0 aliphatic heterocycles. The van der Waals surface area contributed by atoms with E-state index in [4.69, 9.17) is 5.73 Å². The summed E-state index contributed by atoms with van der Waals surface area (Å²) in [6, 6.07) is 6.38. The highest BCUT2D eigenvalue weighted by molar-refractivity contribution is 5.68. The number of nitrogens with zero attached hydrogens (tertiary/aromatic N) is 1. The monoisotopic (exact) mass is 234 g/mol. The van der Waals surface area contributed by atoms with Crippen LogP contribution in [0.3, 0.4) is 0 Å². The fourth-order valence-corrected chi connectivity index (χ4v) is 2.01. The third kappa shape index (κ3) is 4.29. The SMILES string of the molecule is CCCCN(CCCC)c1ccc(C)cc1N. The topological polar surface area (TPSA) is 29.3 Å². The Balaban J connectivity index is 2.79. The lowest BCUT2D eigenvalue weighted by atomic mass is 10.1. The zero-order valence-corrected chi connectivity index (χ0v) is 11.5. The van der Waals surface area contributed by atoms with Crippen LogP contribution in [0.15, 0.2) is 18.2 Å². The molecule has 0 aromatic heterocycles. The van der Waals surface area contributed by atoms with Crippen molar-refractivity contribution in [2.45, 2.75) is 46.5 Å². The van der Waals surface area contributed by atoms with Gasteiger partial charge in [0, 0.05) is 13.1 Å². The first-order valence-electron chi connectivity index (χ1n) is 6.80. The van der Waals surface area contributed by atoms with E-state index in [0.29, 0.717) is 0 Å².